The maximum absolute atomic E-state index is 12.5. The predicted octanol–water partition coefficient (Wildman–Crippen LogP) is 3.59. The van der Waals surface area contributed by atoms with Gasteiger partial charge < -0.3 is 15.3 Å². The highest BCUT2D eigenvalue weighted by Gasteiger charge is 2.24. The van der Waals surface area contributed by atoms with Crippen molar-refractivity contribution in [3.63, 3.8) is 0 Å². The molecule has 4 nitrogen and oxygen atoms in total. The van der Waals surface area contributed by atoms with E-state index in [1.54, 1.807) is 0 Å². The average molecular weight is 344 g/mol. The molecule has 0 atom stereocenters. The van der Waals surface area contributed by atoms with E-state index in [1.807, 2.05) is 24.3 Å². The molecular formula is C21H32N2O2. The van der Waals surface area contributed by atoms with E-state index in [0.29, 0.717) is 6.04 Å². The lowest BCUT2D eigenvalue weighted by Crippen LogP contribution is -2.38. The van der Waals surface area contributed by atoms with Gasteiger partial charge in [0, 0.05) is 30.4 Å². The quantitative estimate of drug-likeness (QED) is 0.877. The molecule has 25 heavy (non-hydrogen) atoms. The fourth-order valence-electron chi connectivity index (χ4n) is 4.15. The highest BCUT2D eigenvalue weighted by atomic mass is 16.3. The van der Waals surface area contributed by atoms with Crippen LogP contribution < -0.4 is 10.2 Å². The molecular weight excluding hydrogens is 312 g/mol. The fourth-order valence-corrected chi connectivity index (χ4v) is 4.15. The third kappa shape index (κ3) is 4.75. The van der Waals surface area contributed by atoms with Crippen molar-refractivity contribution in [1.82, 2.24) is 5.32 Å². The molecule has 0 bridgehead atoms. The Bertz CT molecular complexity index is 554. The third-order valence-electron chi connectivity index (χ3n) is 6.01. The molecule has 2 aliphatic rings. The molecule has 1 amide bonds. The summed E-state index contributed by atoms with van der Waals surface area (Å²) in [6.45, 7) is 6.36. The number of aliphatic hydroxyl groups is 1. The van der Waals surface area contributed by atoms with E-state index in [2.05, 4.69) is 24.1 Å². The summed E-state index contributed by atoms with van der Waals surface area (Å²) in [4.78, 5) is 14.8. The van der Waals surface area contributed by atoms with Gasteiger partial charge in [0.25, 0.3) is 5.91 Å². The number of piperidine rings is 1. The molecule has 2 N–H and O–H groups in total. The molecule has 3 rings (SSSR count). The van der Waals surface area contributed by atoms with Gasteiger partial charge in [-0.1, -0.05) is 13.8 Å². The van der Waals surface area contributed by atoms with Crippen molar-refractivity contribution in [1.29, 1.82) is 0 Å². The first-order valence-electron chi connectivity index (χ1n) is 9.87. The van der Waals surface area contributed by atoms with Gasteiger partial charge in [-0.3, -0.25) is 4.79 Å². The molecule has 0 unspecified atom stereocenters. The van der Waals surface area contributed by atoms with Crippen LogP contribution in [0.25, 0.3) is 0 Å². The molecule has 0 spiro atoms. The van der Waals surface area contributed by atoms with E-state index in [-0.39, 0.29) is 12.0 Å². The van der Waals surface area contributed by atoms with Crippen molar-refractivity contribution < 1.29 is 9.90 Å². The number of amides is 1. The van der Waals surface area contributed by atoms with Gasteiger partial charge in [-0.25, -0.2) is 0 Å². The zero-order valence-electron chi connectivity index (χ0n) is 15.6. The van der Waals surface area contributed by atoms with Crippen molar-refractivity contribution in [2.45, 2.75) is 64.5 Å². The van der Waals surface area contributed by atoms with E-state index in [4.69, 9.17) is 0 Å². The van der Waals surface area contributed by atoms with Gasteiger partial charge in [0.2, 0.25) is 0 Å². The van der Waals surface area contributed by atoms with Crippen molar-refractivity contribution in [2.75, 3.05) is 18.0 Å². The Labute approximate surface area is 151 Å². The molecule has 1 saturated heterocycles. The summed E-state index contributed by atoms with van der Waals surface area (Å²) in [5.74, 6) is 1.62. The zero-order chi connectivity index (χ0) is 17.8. The van der Waals surface area contributed by atoms with Gasteiger partial charge in [0.15, 0.2) is 0 Å². The molecule has 0 radical (unpaired) electrons. The molecule has 1 aromatic rings. The Morgan fingerprint density at radius 2 is 1.64 bits per heavy atom. The second-order valence-electron chi connectivity index (χ2n) is 8.09. The van der Waals surface area contributed by atoms with Gasteiger partial charge >= 0.3 is 0 Å². The lowest BCUT2D eigenvalue weighted by molar-refractivity contribution is 0.0918. The number of aliphatic hydroxyl groups excluding tert-OH is 1. The van der Waals surface area contributed by atoms with E-state index >= 15 is 0 Å². The van der Waals surface area contributed by atoms with Crippen LogP contribution in [0.1, 0.15) is 62.7 Å². The number of nitrogens with zero attached hydrogens (tertiary/aromatic N) is 1. The number of nitrogens with one attached hydrogen (secondary N) is 1. The maximum atomic E-state index is 12.5. The Kier molecular flexibility index (Phi) is 6.00. The molecule has 1 saturated carbocycles. The lowest BCUT2D eigenvalue weighted by Gasteiger charge is -2.32. The van der Waals surface area contributed by atoms with Gasteiger partial charge in [0.05, 0.1) is 6.10 Å². The summed E-state index contributed by atoms with van der Waals surface area (Å²) in [7, 11) is 0. The Morgan fingerprint density at radius 3 is 2.20 bits per heavy atom. The second kappa shape index (κ2) is 8.22. The maximum Gasteiger partial charge on any atom is 0.251 e. The number of carbonyl (C=O) groups excluding carboxylic acids is 1. The molecule has 4 heteroatoms. The summed E-state index contributed by atoms with van der Waals surface area (Å²) in [5.41, 5.74) is 1.88. The standard InChI is InChI=1S/C21H32N2O2/c1-15(2)16-3-7-18(8-4-16)22-21(25)17-5-9-19(10-6-17)23-13-11-20(24)12-14-23/h5-6,9-10,15-16,18,20,24H,3-4,7-8,11-14H2,1-2H3,(H,22,25). The molecule has 2 fully saturated rings. The largest absolute Gasteiger partial charge is 0.393 e. The number of benzene rings is 1. The minimum absolute atomic E-state index is 0.0496. The first kappa shape index (κ1) is 18.2. The van der Waals surface area contributed by atoms with E-state index in [1.165, 1.54) is 12.8 Å². The minimum Gasteiger partial charge on any atom is -0.393 e. The van der Waals surface area contributed by atoms with Gasteiger partial charge in [0.1, 0.15) is 0 Å². The average Bonchev–Trinajstić information content (AvgIpc) is 2.63. The number of rotatable bonds is 4. The van der Waals surface area contributed by atoms with Crippen molar-refractivity contribution in [3.8, 4) is 0 Å². The van der Waals surface area contributed by atoms with Gasteiger partial charge in [-0.2, -0.15) is 0 Å². The molecule has 1 aliphatic heterocycles. The van der Waals surface area contributed by atoms with E-state index in [0.717, 1.165) is 61.9 Å². The summed E-state index contributed by atoms with van der Waals surface area (Å²) >= 11 is 0. The smallest absolute Gasteiger partial charge is 0.251 e. The Hall–Kier alpha value is -1.55. The normalized spacial score (nSPS) is 25.2. The summed E-state index contributed by atoms with van der Waals surface area (Å²) in [5, 5.41) is 12.8. The SMILES string of the molecule is CC(C)C1CCC(NC(=O)c2ccc(N3CCC(O)CC3)cc2)CC1. The lowest BCUT2D eigenvalue weighted by atomic mass is 9.79. The van der Waals surface area contributed by atoms with Crippen molar-refractivity contribution >= 4 is 11.6 Å². The summed E-state index contributed by atoms with van der Waals surface area (Å²) in [6, 6.07) is 8.24. The van der Waals surface area contributed by atoms with Crippen LogP contribution in [0.5, 0.6) is 0 Å². The third-order valence-corrected chi connectivity index (χ3v) is 6.01. The van der Waals surface area contributed by atoms with Crippen LogP contribution in [0.4, 0.5) is 5.69 Å². The van der Waals surface area contributed by atoms with Crippen LogP contribution in [0.2, 0.25) is 0 Å². The Morgan fingerprint density at radius 1 is 1.04 bits per heavy atom. The monoisotopic (exact) mass is 344 g/mol. The molecule has 1 aliphatic carbocycles. The van der Waals surface area contributed by atoms with Crippen LogP contribution in [0, 0.1) is 11.8 Å². The number of carbonyl (C=O) groups is 1. The number of hydrogen-bond donors (Lipinski definition) is 2. The van der Waals surface area contributed by atoms with Crippen LogP contribution in [-0.2, 0) is 0 Å². The first-order chi connectivity index (χ1) is 12.0. The summed E-state index contributed by atoms with van der Waals surface area (Å²) in [6.07, 6.45) is 6.13. The van der Waals surface area contributed by atoms with Crippen molar-refractivity contribution in [3.05, 3.63) is 29.8 Å². The highest BCUT2D eigenvalue weighted by molar-refractivity contribution is 5.94. The van der Waals surface area contributed by atoms with Gasteiger partial charge in [-0.05, 0) is 74.6 Å². The topological polar surface area (TPSA) is 52.6 Å². The number of anilines is 1. The zero-order valence-corrected chi connectivity index (χ0v) is 15.6. The van der Waals surface area contributed by atoms with Crippen LogP contribution in [0.15, 0.2) is 24.3 Å². The second-order valence-corrected chi connectivity index (χ2v) is 8.09. The minimum atomic E-state index is -0.160. The predicted molar refractivity (Wildman–Crippen MR) is 102 cm³/mol. The first-order valence-corrected chi connectivity index (χ1v) is 9.87. The van der Waals surface area contributed by atoms with Crippen LogP contribution in [0.3, 0.4) is 0 Å². The highest BCUT2D eigenvalue weighted by Crippen LogP contribution is 2.30. The molecule has 0 aromatic heterocycles. The Balaban J connectivity index is 1.51. The molecule has 138 valence electrons. The fraction of sp³-hybridized carbons (Fsp3) is 0.667. The molecule has 1 aromatic carbocycles. The molecule has 1 heterocycles. The van der Waals surface area contributed by atoms with Crippen molar-refractivity contribution in [2.24, 2.45) is 11.8 Å². The summed E-state index contributed by atoms with van der Waals surface area (Å²) < 4.78 is 0. The van der Waals surface area contributed by atoms with Crippen LogP contribution in [-0.4, -0.2) is 36.2 Å². The van der Waals surface area contributed by atoms with Crippen LogP contribution >= 0.6 is 0 Å². The van der Waals surface area contributed by atoms with E-state index in [9.17, 15) is 9.90 Å². The van der Waals surface area contributed by atoms with Gasteiger partial charge in [-0.15, -0.1) is 0 Å². The number of hydrogen-bond acceptors (Lipinski definition) is 3. The van der Waals surface area contributed by atoms with E-state index < -0.39 is 0 Å².